The maximum atomic E-state index is 12.1. The summed E-state index contributed by atoms with van der Waals surface area (Å²) in [5.41, 5.74) is 2.73. The second-order valence-electron chi connectivity index (χ2n) is 3.85. The van der Waals surface area contributed by atoms with Gasteiger partial charge < -0.3 is 9.84 Å². The average Bonchev–Trinajstić information content (AvgIpc) is 2.70. The molecule has 94 valence electrons. The van der Waals surface area contributed by atoms with Crippen molar-refractivity contribution in [3.05, 3.63) is 35.3 Å². The third-order valence-electron chi connectivity index (χ3n) is 2.72. The van der Waals surface area contributed by atoms with Crippen molar-refractivity contribution in [2.24, 2.45) is 0 Å². The van der Waals surface area contributed by atoms with E-state index in [2.05, 4.69) is 20.8 Å². The molecule has 0 fully saturated rings. The van der Waals surface area contributed by atoms with Gasteiger partial charge in [0.25, 0.3) is 5.91 Å². The number of pyridine rings is 1. The second kappa shape index (κ2) is 4.87. The van der Waals surface area contributed by atoms with Gasteiger partial charge in [0, 0.05) is 30.7 Å². The van der Waals surface area contributed by atoms with Crippen LogP contribution >= 0.6 is 0 Å². The molecule has 0 aromatic carbocycles. The van der Waals surface area contributed by atoms with Crippen molar-refractivity contribution in [1.82, 2.24) is 10.1 Å². The standard InChI is InChI=1S/C12H14N4O2/c1-7-8(2)16-18-12(7)15-11(17)9-6-14-5-4-10(9)13-3/h4-6H,1-3H3,(H,13,14)(H,15,17). The highest BCUT2D eigenvalue weighted by Crippen LogP contribution is 2.20. The minimum Gasteiger partial charge on any atom is -0.387 e. The van der Waals surface area contributed by atoms with Gasteiger partial charge in [0.1, 0.15) is 0 Å². The van der Waals surface area contributed by atoms with E-state index >= 15 is 0 Å². The average molecular weight is 246 g/mol. The van der Waals surface area contributed by atoms with E-state index in [9.17, 15) is 4.79 Å². The molecular weight excluding hydrogens is 232 g/mol. The van der Waals surface area contributed by atoms with E-state index < -0.39 is 0 Å². The van der Waals surface area contributed by atoms with Gasteiger partial charge in [-0.25, -0.2) is 0 Å². The van der Waals surface area contributed by atoms with Crippen LogP contribution in [-0.2, 0) is 0 Å². The number of nitrogens with zero attached hydrogens (tertiary/aromatic N) is 2. The molecule has 0 aliphatic carbocycles. The normalized spacial score (nSPS) is 10.2. The fourth-order valence-corrected chi connectivity index (χ4v) is 1.50. The van der Waals surface area contributed by atoms with Gasteiger partial charge in [-0.2, -0.15) is 0 Å². The molecule has 0 aliphatic heterocycles. The second-order valence-corrected chi connectivity index (χ2v) is 3.85. The zero-order valence-electron chi connectivity index (χ0n) is 10.4. The summed E-state index contributed by atoms with van der Waals surface area (Å²) in [4.78, 5) is 16.0. The number of carbonyl (C=O) groups excluding carboxylic acids is 1. The Balaban J connectivity index is 2.25. The smallest absolute Gasteiger partial charge is 0.261 e. The van der Waals surface area contributed by atoms with Crippen molar-refractivity contribution in [2.75, 3.05) is 17.7 Å². The summed E-state index contributed by atoms with van der Waals surface area (Å²) in [7, 11) is 1.75. The minimum atomic E-state index is -0.285. The number of aromatic nitrogens is 2. The van der Waals surface area contributed by atoms with Crippen molar-refractivity contribution in [1.29, 1.82) is 0 Å². The fourth-order valence-electron chi connectivity index (χ4n) is 1.50. The molecule has 0 spiro atoms. The van der Waals surface area contributed by atoms with E-state index in [4.69, 9.17) is 4.52 Å². The summed E-state index contributed by atoms with van der Waals surface area (Å²) in [5.74, 6) is 0.0788. The van der Waals surface area contributed by atoms with E-state index in [1.807, 2.05) is 13.8 Å². The van der Waals surface area contributed by atoms with Gasteiger partial charge in [-0.1, -0.05) is 5.16 Å². The Bertz CT molecular complexity index is 577. The van der Waals surface area contributed by atoms with E-state index in [1.165, 1.54) is 6.20 Å². The van der Waals surface area contributed by atoms with Gasteiger partial charge in [-0.3, -0.25) is 15.1 Å². The van der Waals surface area contributed by atoms with Crippen molar-refractivity contribution >= 4 is 17.5 Å². The predicted molar refractivity (Wildman–Crippen MR) is 67.7 cm³/mol. The Morgan fingerprint density at radius 3 is 2.78 bits per heavy atom. The number of anilines is 2. The van der Waals surface area contributed by atoms with Crippen LogP contribution in [0.3, 0.4) is 0 Å². The maximum Gasteiger partial charge on any atom is 0.261 e. The lowest BCUT2D eigenvalue weighted by atomic mass is 10.2. The van der Waals surface area contributed by atoms with Gasteiger partial charge in [-0.05, 0) is 19.9 Å². The highest BCUT2D eigenvalue weighted by Gasteiger charge is 2.15. The molecule has 2 heterocycles. The molecule has 1 amide bonds. The molecule has 0 atom stereocenters. The number of carbonyl (C=O) groups is 1. The maximum absolute atomic E-state index is 12.1. The minimum absolute atomic E-state index is 0.285. The number of rotatable bonds is 3. The molecule has 2 aromatic rings. The zero-order valence-corrected chi connectivity index (χ0v) is 10.4. The van der Waals surface area contributed by atoms with Crippen molar-refractivity contribution in [2.45, 2.75) is 13.8 Å². The number of amides is 1. The molecule has 6 heteroatoms. The molecule has 2 aromatic heterocycles. The summed E-state index contributed by atoms with van der Waals surface area (Å²) < 4.78 is 5.04. The van der Waals surface area contributed by atoms with Gasteiger partial charge in [-0.15, -0.1) is 0 Å². The quantitative estimate of drug-likeness (QED) is 0.865. The van der Waals surface area contributed by atoms with Crippen LogP contribution in [0.4, 0.5) is 11.6 Å². The van der Waals surface area contributed by atoms with Crippen molar-refractivity contribution in [3.8, 4) is 0 Å². The lowest BCUT2D eigenvalue weighted by Crippen LogP contribution is -2.14. The van der Waals surface area contributed by atoms with Crippen molar-refractivity contribution < 1.29 is 9.32 Å². The lowest BCUT2D eigenvalue weighted by Gasteiger charge is -2.07. The Kier molecular flexibility index (Phi) is 3.27. The highest BCUT2D eigenvalue weighted by molar-refractivity contribution is 6.07. The van der Waals surface area contributed by atoms with Crippen molar-refractivity contribution in [3.63, 3.8) is 0 Å². The highest BCUT2D eigenvalue weighted by atomic mass is 16.5. The van der Waals surface area contributed by atoms with Crippen LogP contribution in [0.2, 0.25) is 0 Å². The molecule has 2 N–H and O–H groups in total. The molecular formula is C12H14N4O2. The molecule has 0 bridgehead atoms. The van der Waals surface area contributed by atoms with Crippen LogP contribution in [0.25, 0.3) is 0 Å². The third kappa shape index (κ3) is 2.17. The summed E-state index contributed by atoms with van der Waals surface area (Å²) in [5, 5.41) is 9.39. The first kappa shape index (κ1) is 12.1. The van der Waals surface area contributed by atoms with Crippen LogP contribution in [-0.4, -0.2) is 23.1 Å². The monoisotopic (exact) mass is 246 g/mol. The SMILES string of the molecule is CNc1ccncc1C(=O)Nc1onc(C)c1C. The molecule has 0 aliphatic rings. The molecule has 2 rings (SSSR count). The van der Waals surface area contributed by atoms with Crippen LogP contribution < -0.4 is 10.6 Å². The number of nitrogens with one attached hydrogen (secondary N) is 2. The first-order chi connectivity index (χ1) is 8.63. The topological polar surface area (TPSA) is 80.0 Å². The number of aryl methyl sites for hydroxylation is 1. The largest absolute Gasteiger partial charge is 0.387 e. The molecule has 0 unspecified atom stereocenters. The van der Waals surface area contributed by atoms with Crippen LogP contribution in [0, 0.1) is 13.8 Å². The van der Waals surface area contributed by atoms with Gasteiger partial charge in [0.2, 0.25) is 5.88 Å². The molecule has 0 radical (unpaired) electrons. The van der Waals surface area contributed by atoms with Gasteiger partial charge in [0.05, 0.1) is 11.3 Å². The Hall–Kier alpha value is -2.37. The zero-order chi connectivity index (χ0) is 13.1. The van der Waals surface area contributed by atoms with E-state index in [0.29, 0.717) is 17.1 Å². The first-order valence-electron chi connectivity index (χ1n) is 5.49. The Morgan fingerprint density at radius 2 is 2.17 bits per heavy atom. The fraction of sp³-hybridized carbons (Fsp3) is 0.250. The lowest BCUT2D eigenvalue weighted by molar-refractivity contribution is 0.102. The van der Waals surface area contributed by atoms with E-state index in [0.717, 1.165) is 11.3 Å². The first-order valence-corrected chi connectivity index (χ1v) is 5.49. The Labute approximate surface area is 104 Å². The van der Waals surface area contributed by atoms with Crippen LogP contribution in [0.15, 0.2) is 23.0 Å². The number of hydrogen-bond donors (Lipinski definition) is 2. The van der Waals surface area contributed by atoms with Gasteiger partial charge in [0.15, 0.2) is 0 Å². The van der Waals surface area contributed by atoms with E-state index in [-0.39, 0.29) is 5.91 Å². The summed E-state index contributed by atoms with van der Waals surface area (Å²) in [6.07, 6.45) is 3.12. The summed E-state index contributed by atoms with van der Waals surface area (Å²) in [6.45, 7) is 3.65. The summed E-state index contributed by atoms with van der Waals surface area (Å²) >= 11 is 0. The van der Waals surface area contributed by atoms with Crippen LogP contribution in [0.1, 0.15) is 21.6 Å². The molecule has 18 heavy (non-hydrogen) atoms. The molecule has 0 saturated heterocycles. The molecule has 6 nitrogen and oxygen atoms in total. The third-order valence-corrected chi connectivity index (χ3v) is 2.72. The van der Waals surface area contributed by atoms with Gasteiger partial charge >= 0.3 is 0 Å². The van der Waals surface area contributed by atoms with E-state index in [1.54, 1.807) is 19.3 Å². The molecule has 0 saturated carbocycles. The predicted octanol–water partition coefficient (Wildman–Crippen LogP) is 1.98. The summed E-state index contributed by atoms with van der Waals surface area (Å²) in [6, 6.07) is 1.73. The van der Waals surface area contributed by atoms with Crippen LogP contribution in [0.5, 0.6) is 0 Å². The Morgan fingerprint density at radius 1 is 1.39 bits per heavy atom. The number of hydrogen-bond acceptors (Lipinski definition) is 5.